The van der Waals surface area contributed by atoms with Crippen LogP contribution in [-0.4, -0.2) is 28.9 Å². The molecule has 3 heteroatoms. The number of hydrogen-bond donors (Lipinski definition) is 0. The van der Waals surface area contributed by atoms with Gasteiger partial charge < -0.3 is 4.90 Å². The van der Waals surface area contributed by atoms with Crippen molar-refractivity contribution in [2.75, 3.05) is 13.1 Å². The van der Waals surface area contributed by atoms with Crippen LogP contribution >= 0.6 is 0 Å². The monoisotopic (exact) mass is 218 g/mol. The van der Waals surface area contributed by atoms with E-state index in [1.54, 1.807) is 6.07 Å². The summed E-state index contributed by atoms with van der Waals surface area (Å²) >= 11 is 0. The lowest BCUT2D eigenvalue weighted by atomic mass is 9.91. The largest absolute Gasteiger partial charge is 0.337 e. The molecule has 16 heavy (non-hydrogen) atoms. The van der Waals surface area contributed by atoms with Crippen molar-refractivity contribution in [3.05, 3.63) is 29.6 Å². The Morgan fingerprint density at radius 2 is 2.00 bits per heavy atom. The van der Waals surface area contributed by atoms with Gasteiger partial charge >= 0.3 is 0 Å². The molecule has 1 saturated heterocycles. The zero-order valence-corrected chi connectivity index (χ0v) is 10.2. The topological polar surface area (TPSA) is 33.2 Å². The molecule has 2 rings (SSSR count). The van der Waals surface area contributed by atoms with Crippen LogP contribution in [0.3, 0.4) is 0 Å². The molecule has 1 amide bonds. The van der Waals surface area contributed by atoms with E-state index in [0.717, 1.165) is 25.2 Å². The van der Waals surface area contributed by atoms with Crippen LogP contribution in [0.15, 0.2) is 18.2 Å². The van der Waals surface area contributed by atoms with E-state index >= 15 is 0 Å². The molecule has 0 N–H and O–H groups in total. The predicted molar refractivity (Wildman–Crippen MR) is 63.5 cm³/mol. The summed E-state index contributed by atoms with van der Waals surface area (Å²) in [5, 5.41) is 0. The standard InChI is InChI=1S/C13H18N2O/c1-13(2,3)11-7-4-6-10(14-11)12(16)15-8-5-9-15/h4,6-7H,5,8-9H2,1-3H3. The molecule has 1 aromatic heterocycles. The van der Waals surface area contributed by atoms with Crippen molar-refractivity contribution < 1.29 is 4.79 Å². The summed E-state index contributed by atoms with van der Waals surface area (Å²) in [5.74, 6) is 0.0670. The number of aromatic nitrogens is 1. The number of pyridine rings is 1. The van der Waals surface area contributed by atoms with Crippen molar-refractivity contribution >= 4 is 5.91 Å². The molecule has 1 aromatic rings. The molecule has 0 radical (unpaired) electrons. The highest BCUT2D eigenvalue weighted by molar-refractivity contribution is 5.92. The normalized spacial score (nSPS) is 15.8. The summed E-state index contributed by atoms with van der Waals surface area (Å²) in [6, 6.07) is 5.70. The van der Waals surface area contributed by atoms with Gasteiger partial charge in [-0.15, -0.1) is 0 Å². The highest BCUT2D eigenvalue weighted by Crippen LogP contribution is 2.20. The van der Waals surface area contributed by atoms with Crippen LogP contribution in [0.2, 0.25) is 0 Å². The van der Waals surface area contributed by atoms with E-state index in [0.29, 0.717) is 5.69 Å². The third-order valence-electron chi connectivity index (χ3n) is 2.88. The molecular weight excluding hydrogens is 200 g/mol. The molecule has 1 fully saturated rings. The van der Waals surface area contributed by atoms with Crippen molar-refractivity contribution in [3.63, 3.8) is 0 Å². The van der Waals surface area contributed by atoms with Gasteiger partial charge in [-0.2, -0.15) is 0 Å². The lowest BCUT2D eigenvalue weighted by Gasteiger charge is -2.30. The van der Waals surface area contributed by atoms with Crippen LogP contribution in [-0.2, 0) is 5.41 Å². The average Bonchev–Trinajstić information content (AvgIpc) is 2.14. The number of likely N-dealkylation sites (tertiary alicyclic amines) is 1. The highest BCUT2D eigenvalue weighted by Gasteiger charge is 2.24. The summed E-state index contributed by atoms with van der Waals surface area (Å²) in [6.07, 6.45) is 1.12. The van der Waals surface area contributed by atoms with Gasteiger partial charge in [0.15, 0.2) is 0 Å². The third-order valence-corrected chi connectivity index (χ3v) is 2.88. The first kappa shape index (κ1) is 11.1. The van der Waals surface area contributed by atoms with Gasteiger partial charge in [-0.25, -0.2) is 4.98 Å². The molecule has 0 bridgehead atoms. The van der Waals surface area contributed by atoms with Crippen molar-refractivity contribution in [1.82, 2.24) is 9.88 Å². The van der Waals surface area contributed by atoms with Crippen LogP contribution in [0.1, 0.15) is 43.4 Å². The van der Waals surface area contributed by atoms with Gasteiger partial charge in [0.25, 0.3) is 5.91 Å². The van der Waals surface area contributed by atoms with E-state index in [4.69, 9.17) is 0 Å². The Kier molecular flexibility index (Phi) is 2.70. The Labute approximate surface area is 96.5 Å². The Bertz CT molecular complexity index is 403. The molecule has 1 aliphatic heterocycles. The Morgan fingerprint density at radius 3 is 2.50 bits per heavy atom. The average molecular weight is 218 g/mol. The molecule has 0 unspecified atom stereocenters. The van der Waals surface area contributed by atoms with E-state index < -0.39 is 0 Å². The molecule has 2 heterocycles. The minimum absolute atomic E-state index is 0.00869. The fourth-order valence-electron chi connectivity index (χ4n) is 1.65. The van der Waals surface area contributed by atoms with Crippen molar-refractivity contribution in [3.8, 4) is 0 Å². The van der Waals surface area contributed by atoms with Crippen LogP contribution < -0.4 is 0 Å². The van der Waals surface area contributed by atoms with Crippen molar-refractivity contribution in [2.24, 2.45) is 0 Å². The predicted octanol–water partition coefficient (Wildman–Crippen LogP) is 2.23. The first-order valence-electron chi connectivity index (χ1n) is 5.75. The van der Waals surface area contributed by atoms with Gasteiger partial charge in [-0.3, -0.25) is 4.79 Å². The molecule has 1 aliphatic rings. The van der Waals surface area contributed by atoms with E-state index in [9.17, 15) is 4.79 Å². The van der Waals surface area contributed by atoms with Crippen molar-refractivity contribution in [2.45, 2.75) is 32.6 Å². The minimum atomic E-state index is -0.00869. The summed E-state index contributed by atoms with van der Waals surface area (Å²) in [4.78, 5) is 18.3. The number of nitrogens with zero attached hydrogens (tertiary/aromatic N) is 2. The quantitative estimate of drug-likeness (QED) is 0.724. The first-order chi connectivity index (χ1) is 7.48. The van der Waals surface area contributed by atoms with Gasteiger partial charge in [-0.1, -0.05) is 26.8 Å². The molecule has 0 spiro atoms. The Hall–Kier alpha value is -1.38. The van der Waals surface area contributed by atoms with Gasteiger partial charge in [0.2, 0.25) is 0 Å². The smallest absolute Gasteiger partial charge is 0.272 e. The maximum absolute atomic E-state index is 12.0. The van der Waals surface area contributed by atoms with Gasteiger partial charge in [0, 0.05) is 24.2 Å². The second-order valence-corrected chi connectivity index (χ2v) is 5.30. The van der Waals surface area contributed by atoms with Crippen LogP contribution in [0.25, 0.3) is 0 Å². The first-order valence-corrected chi connectivity index (χ1v) is 5.75. The van der Waals surface area contributed by atoms with E-state index in [1.807, 2.05) is 17.0 Å². The SMILES string of the molecule is CC(C)(C)c1cccc(C(=O)N2CCC2)n1. The van der Waals surface area contributed by atoms with Crippen LogP contribution in [0.4, 0.5) is 0 Å². The molecular formula is C13H18N2O. The summed E-state index contributed by atoms with van der Waals surface area (Å²) in [5.41, 5.74) is 1.54. The molecule has 86 valence electrons. The number of amides is 1. The maximum atomic E-state index is 12.0. The third kappa shape index (κ3) is 2.08. The van der Waals surface area contributed by atoms with E-state index in [1.165, 1.54) is 0 Å². The van der Waals surface area contributed by atoms with Crippen molar-refractivity contribution in [1.29, 1.82) is 0 Å². The van der Waals surface area contributed by atoms with Crippen LogP contribution in [0.5, 0.6) is 0 Å². The summed E-state index contributed by atoms with van der Waals surface area (Å²) < 4.78 is 0. The van der Waals surface area contributed by atoms with Gasteiger partial charge in [0.1, 0.15) is 5.69 Å². The molecule has 0 aromatic carbocycles. The zero-order chi connectivity index (χ0) is 11.8. The minimum Gasteiger partial charge on any atom is -0.337 e. The molecule has 3 nitrogen and oxygen atoms in total. The lowest BCUT2D eigenvalue weighted by molar-refractivity contribution is 0.0645. The zero-order valence-electron chi connectivity index (χ0n) is 10.2. The summed E-state index contributed by atoms with van der Waals surface area (Å²) in [7, 11) is 0. The van der Waals surface area contributed by atoms with E-state index in [-0.39, 0.29) is 11.3 Å². The second kappa shape index (κ2) is 3.89. The van der Waals surface area contributed by atoms with E-state index in [2.05, 4.69) is 25.8 Å². The Morgan fingerprint density at radius 1 is 1.31 bits per heavy atom. The van der Waals surface area contributed by atoms with Gasteiger partial charge in [-0.05, 0) is 18.6 Å². The second-order valence-electron chi connectivity index (χ2n) is 5.30. The fraction of sp³-hybridized carbons (Fsp3) is 0.538. The molecule has 0 saturated carbocycles. The highest BCUT2D eigenvalue weighted by atomic mass is 16.2. The fourth-order valence-corrected chi connectivity index (χ4v) is 1.65. The lowest BCUT2D eigenvalue weighted by Crippen LogP contribution is -2.42. The summed E-state index contributed by atoms with van der Waals surface area (Å²) in [6.45, 7) is 8.06. The Balaban J connectivity index is 2.25. The maximum Gasteiger partial charge on any atom is 0.272 e. The van der Waals surface area contributed by atoms with Crippen LogP contribution in [0, 0.1) is 0 Å². The molecule has 0 atom stereocenters. The molecule has 0 aliphatic carbocycles. The number of hydrogen-bond acceptors (Lipinski definition) is 2. The number of carbonyl (C=O) groups excluding carboxylic acids is 1. The number of rotatable bonds is 1. The van der Waals surface area contributed by atoms with Gasteiger partial charge in [0.05, 0.1) is 0 Å². The number of carbonyl (C=O) groups is 1.